The molecule has 0 N–H and O–H groups in total. The first kappa shape index (κ1) is 38.7. The van der Waals surface area contributed by atoms with Crippen molar-refractivity contribution in [3.8, 4) is 97.5 Å². The van der Waals surface area contributed by atoms with Crippen LogP contribution in [0.3, 0.4) is 0 Å². The summed E-state index contributed by atoms with van der Waals surface area (Å²) >= 11 is 0. The fraction of sp³-hybridized carbons (Fsp3) is 0.0179. The Morgan fingerprint density at radius 1 is 0.375 bits per heavy atom. The molecule has 64 heavy (non-hydrogen) atoms. The summed E-state index contributed by atoms with van der Waals surface area (Å²) in [5.74, 6) is 1.30. The number of benzene rings is 8. The molecule has 2 heterocycles. The monoisotopic (exact) mass is 816 g/mol. The molecule has 0 aliphatic rings. The molecule has 0 bridgehead atoms. The molecule has 2 aromatic heterocycles. The second-order valence-electron chi connectivity index (χ2n) is 15.3. The summed E-state index contributed by atoms with van der Waals surface area (Å²) in [4.78, 5) is 15.1. The lowest BCUT2D eigenvalue weighted by atomic mass is 9.88. The van der Waals surface area contributed by atoms with E-state index in [1.54, 1.807) is 36.4 Å². The largest absolute Gasteiger partial charge is 0.308 e. The highest BCUT2D eigenvalue weighted by molar-refractivity contribution is 6.12. The zero-order valence-electron chi connectivity index (χ0n) is 34.3. The van der Waals surface area contributed by atoms with Gasteiger partial charge in [0.25, 0.3) is 0 Å². The van der Waals surface area contributed by atoms with Crippen LogP contribution >= 0.6 is 0 Å². The van der Waals surface area contributed by atoms with Crippen LogP contribution in [-0.4, -0.2) is 19.5 Å². The number of rotatable bonds is 7. The molecule has 10 aromatic rings. The van der Waals surface area contributed by atoms with Crippen molar-refractivity contribution < 1.29 is 0 Å². The van der Waals surface area contributed by atoms with Crippen molar-refractivity contribution in [2.75, 3.05) is 0 Å². The van der Waals surface area contributed by atoms with E-state index in [9.17, 15) is 21.0 Å². The van der Waals surface area contributed by atoms with Gasteiger partial charge in [0, 0.05) is 49.7 Å². The number of nitriles is 4. The van der Waals surface area contributed by atoms with Crippen LogP contribution < -0.4 is 0 Å². The summed E-state index contributed by atoms with van der Waals surface area (Å²) in [6.45, 7) is 2.11. The molecule has 8 heteroatoms. The predicted molar refractivity (Wildman–Crippen MR) is 250 cm³/mol. The molecule has 0 aliphatic carbocycles. The summed E-state index contributed by atoms with van der Waals surface area (Å²) in [7, 11) is 0. The average molecular weight is 817 g/mol. The fourth-order valence-electron chi connectivity index (χ4n) is 8.51. The van der Waals surface area contributed by atoms with Crippen LogP contribution in [0, 0.1) is 52.2 Å². The average Bonchev–Trinajstić information content (AvgIpc) is 3.69. The number of nitrogens with zero attached hydrogens (tertiary/aromatic N) is 8. The summed E-state index contributed by atoms with van der Waals surface area (Å²) < 4.78 is 2.19. The molecule has 0 unspecified atom stereocenters. The Bertz CT molecular complexity index is 3520. The van der Waals surface area contributed by atoms with E-state index in [0.29, 0.717) is 62.1 Å². The van der Waals surface area contributed by atoms with Crippen molar-refractivity contribution >= 4 is 21.8 Å². The molecule has 0 radical (unpaired) electrons. The Kier molecular flexibility index (Phi) is 9.79. The molecule has 0 fully saturated rings. The molecular formula is C56H32N8. The van der Waals surface area contributed by atoms with Gasteiger partial charge < -0.3 is 4.57 Å². The Labute approximate surface area is 369 Å². The standard InChI is InChI=1S/C56H32N8/c1-35-12-8-9-17-44(35)40-22-25-52-48(28-40)47-18-10-11-19-51(47)64(52)53-49(45-23-20-36(31-57)26-42(45)33-59)29-41(30-50(53)46-24-21-37(32-58)27-43(46)34-60)56-62-54(38-13-4-2-5-14-38)61-55(63-56)39-15-6-3-7-16-39/h2-30H,1H3. The molecule has 8 aromatic carbocycles. The van der Waals surface area contributed by atoms with Gasteiger partial charge in [-0.15, -0.1) is 0 Å². The highest BCUT2D eigenvalue weighted by Crippen LogP contribution is 2.46. The first-order chi connectivity index (χ1) is 31.5. The second kappa shape index (κ2) is 16.2. The Morgan fingerprint density at radius 2 is 0.875 bits per heavy atom. The van der Waals surface area contributed by atoms with Gasteiger partial charge in [-0.3, -0.25) is 0 Å². The van der Waals surface area contributed by atoms with E-state index in [0.717, 1.165) is 49.6 Å². The summed E-state index contributed by atoms with van der Waals surface area (Å²) in [6.07, 6.45) is 0. The Balaban J connectivity index is 1.37. The van der Waals surface area contributed by atoms with Gasteiger partial charge in [-0.2, -0.15) is 21.0 Å². The van der Waals surface area contributed by atoms with Crippen LogP contribution in [-0.2, 0) is 0 Å². The van der Waals surface area contributed by atoms with Gasteiger partial charge in [0.2, 0.25) is 0 Å². The topological polar surface area (TPSA) is 139 Å². The normalized spacial score (nSPS) is 10.8. The summed E-state index contributed by atoms with van der Waals surface area (Å²) in [6, 6.07) is 65.7. The first-order valence-corrected chi connectivity index (χ1v) is 20.5. The molecule has 8 nitrogen and oxygen atoms in total. The van der Waals surface area contributed by atoms with Crippen LogP contribution in [0.25, 0.3) is 95.0 Å². The Morgan fingerprint density at radius 3 is 1.42 bits per heavy atom. The van der Waals surface area contributed by atoms with Gasteiger partial charge in [0.15, 0.2) is 17.5 Å². The highest BCUT2D eigenvalue weighted by atomic mass is 15.0. The van der Waals surface area contributed by atoms with E-state index in [1.807, 2.05) is 97.1 Å². The van der Waals surface area contributed by atoms with E-state index in [4.69, 9.17) is 15.0 Å². The fourth-order valence-corrected chi connectivity index (χ4v) is 8.51. The quantitative estimate of drug-likeness (QED) is 0.156. The summed E-state index contributed by atoms with van der Waals surface area (Å²) in [5.41, 5.74) is 11.7. The van der Waals surface area contributed by atoms with Gasteiger partial charge in [0.1, 0.15) is 0 Å². The zero-order chi connectivity index (χ0) is 43.7. The zero-order valence-corrected chi connectivity index (χ0v) is 34.3. The van der Waals surface area contributed by atoms with Gasteiger partial charge >= 0.3 is 0 Å². The molecule has 0 saturated carbocycles. The van der Waals surface area contributed by atoms with Crippen molar-refractivity contribution in [1.29, 1.82) is 21.0 Å². The van der Waals surface area contributed by atoms with Crippen molar-refractivity contribution in [2.45, 2.75) is 6.92 Å². The Hall–Kier alpha value is -9.47. The molecule has 0 aliphatic heterocycles. The van der Waals surface area contributed by atoms with Crippen molar-refractivity contribution in [3.05, 3.63) is 204 Å². The lowest BCUT2D eigenvalue weighted by Gasteiger charge is -2.22. The maximum atomic E-state index is 10.8. The minimum absolute atomic E-state index is 0.289. The van der Waals surface area contributed by atoms with Gasteiger partial charge in [-0.25, -0.2) is 15.0 Å². The lowest BCUT2D eigenvalue weighted by Crippen LogP contribution is -2.05. The van der Waals surface area contributed by atoms with Crippen LogP contribution in [0.2, 0.25) is 0 Å². The number of para-hydroxylation sites is 1. The van der Waals surface area contributed by atoms with Crippen LogP contribution in [0.1, 0.15) is 27.8 Å². The third-order valence-electron chi connectivity index (χ3n) is 11.5. The number of hydrogen-bond donors (Lipinski definition) is 0. The number of hydrogen-bond acceptors (Lipinski definition) is 7. The van der Waals surface area contributed by atoms with Crippen molar-refractivity contribution in [3.63, 3.8) is 0 Å². The number of aromatic nitrogens is 4. The van der Waals surface area contributed by atoms with Crippen LogP contribution in [0.4, 0.5) is 0 Å². The molecule has 0 amide bonds. The minimum atomic E-state index is 0.289. The lowest BCUT2D eigenvalue weighted by molar-refractivity contribution is 1.07. The molecule has 0 spiro atoms. The van der Waals surface area contributed by atoms with E-state index >= 15 is 0 Å². The van der Waals surface area contributed by atoms with Crippen molar-refractivity contribution in [1.82, 2.24) is 19.5 Å². The number of aryl methyl sites for hydroxylation is 1. The van der Waals surface area contributed by atoms with Gasteiger partial charge in [0.05, 0.1) is 63.3 Å². The van der Waals surface area contributed by atoms with Gasteiger partial charge in [-0.05, 0) is 78.2 Å². The van der Waals surface area contributed by atoms with E-state index in [-0.39, 0.29) is 11.1 Å². The molecule has 10 rings (SSSR count). The third-order valence-corrected chi connectivity index (χ3v) is 11.5. The van der Waals surface area contributed by atoms with E-state index < -0.39 is 0 Å². The maximum absolute atomic E-state index is 10.8. The maximum Gasteiger partial charge on any atom is 0.164 e. The molecule has 0 atom stereocenters. The van der Waals surface area contributed by atoms with E-state index in [2.05, 4.69) is 78.2 Å². The van der Waals surface area contributed by atoms with Gasteiger partial charge in [-0.1, -0.05) is 121 Å². The van der Waals surface area contributed by atoms with Crippen LogP contribution in [0.5, 0.6) is 0 Å². The minimum Gasteiger partial charge on any atom is -0.308 e. The molecule has 296 valence electrons. The molecular weight excluding hydrogens is 785 g/mol. The van der Waals surface area contributed by atoms with E-state index in [1.165, 1.54) is 0 Å². The molecule has 0 saturated heterocycles. The third kappa shape index (κ3) is 6.77. The summed E-state index contributed by atoms with van der Waals surface area (Å²) in [5, 5.41) is 43.5. The second-order valence-corrected chi connectivity index (χ2v) is 15.3. The predicted octanol–water partition coefficient (Wildman–Crippen LogP) is 12.8. The highest BCUT2D eigenvalue weighted by Gasteiger charge is 2.26. The van der Waals surface area contributed by atoms with Crippen molar-refractivity contribution in [2.24, 2.45) is 0 Å². The first-order valence-electron chi connectivity index (χ1n) is 20.5. The smallest absolute Gasteiger partial charge is 0.164 e. The van der Waals surface area contributed by atoms with Crippen LogP contribution in [0.15, 0.2) is 176 Å². The SMILES string of the molecule is Cc1ccccc1-c1ccc2c(c1)c1ccccc1n2-c1c(-c2ccc(C#N)cc2C#N)cc(-c2nc(-c3ccccc3)nc(-c3ccccc3)n2)cc1-c1ccc(C#N)cc1C#N. The number of fused-ring (bicyclic) bond motifs is 3.